The molecule has 1 aliphatic heterocycles. The predicted molar refractivity (Wildman–Crippen MR) is 87.8 cm³/mol. The third-order valence-corrected chi connectivity index (χ3v) is 4.04. The Labute approximate surface area is 147 Å². The summed E-state index contributed by atoms with van der Waals surface area (Å²) >= 11 is 0. The van der Waals surface area contributed by atoms with Gasteiger partial charge in [0.05, 0.1) is 5.56 Å². The van der Waals surface area contributed by atoms with Crippen LogP contribution in [0.3, 0.4) is 0 Å². The number of benzene rings is 2. The van der Waals surface area contributed by atoms with Crippen LogP contribution in [0.5, 0.6) is 0 Å². The lowest BCUT2D eigenvalue weighted by molar-refractivity contribution is -0.147. The van der Waals surface area contributed by atoms with Crippen molar-refractivity contribution >= 4 is 17.6 Å². The predicted octanol–water partition coefficient (Wildman–Crippen LogP) is 3.88. The van der Waals surface area contributed by atoms with Gasteiger partial charge in [-0.15, -0.1) is 0 Å². The number of halogens is 3. The molecule has 0 spiro atoms. The topological polar surface area (TPSA) is 46.6 Å². The zero-order chi connectivity index (χ0) is 18.9. The molecule has 0 radical (unpaired) electrons. The zero-order valence-corrected chi connectivity index (χ0v) is 13.5. The second-order valence-electron chi connectivity index (χ2n) is 5.70. The van der Waals surface area contributed by atoms with E-state index >= 15 is 0 Å². The molecule has 0 saturated carbocycles. The van der Waals surface area contributed by atoms with Crippen LogP contribution in [-0.4, -0.2) is 23.3 Å². The van der Waals surface area contributed by atoms with E-state index in [1.165, 1.54) is 18.2 Å². The summed E-state index contributed by atoms with van der Waals surface area (Å²) in [6.45, 7) is 2.85. The third-order valence-electron chi connectivity index (χ3n) is 4.04. The van der Waals surface area contributed by atoms with E-state index in [1.807, 2.05) is 0 Å². The van der Waals surface area contributed by atoms with E-state index in [0.717, 1.165) is 11.0 Å². The molecule has 134 valence electrons. The molecule has 7 heteroatoms. The minimum absolute atomic E-state index is 0.150. The molecule has 1 aliphatic rings. The van der Waals surface area contributed by atoms with Gasteiger partial charge < -0.3 is 4.74 Å². The molecule has 0 aliphatic carbocycles. The van der Waals surface area contributed by atoms with Crippen LogP contribution in [0.25, 0.3) is 5.70 Å². The van der Waals surface area contributed by atoms with Gasteiger partial charge in [0.25, 0.3) is 5.91 Å². The number of amides is 1. The molecule has 0 fully saturated rings. The molecule has 2 aromatic carbocycles. The number of carbonyl (C=O) groups excluding carboxylic acids is 2. The van der Waals surface area contributed by atoms with E-state index in [-0.39, 0.29) is 5.56 Å². The van der Waals surface area contributed by atoms with Crippen LogP contribution in [0.2, 0.25) is 0 Å². The first kappa shape index (κ1) is 17.7. The maximum atomic E-state index is 12.9. The average molecular weight is 361 g/mol. The number of nitrogens with zero attached hydrogens (tertiary/aromatic N) is 1. The van der Waals surface area contributed by atoms with Gasteiger partial charge in [0.1, 0.15) is 13.2 Å². The summed E-state index contributed by atoms with van der Waals surface area (Å²) in [4.78, 5) is 25.5. The van der Waals surface area contributed by atoms with Crippen molar-refractivity contribution in [2.75, 3.05) is 6.54 Å². The maximum Gasteiger partial charge on any atom is 0.416 e. The van der Waals surface area contributed by atoms with Crippen molar-refractivity contribution in [3.05, 3.63) is 77.4 Å². The Kier molecular flexibility index (Phi) is 4.54. The zero-order valence-electron chi connectivity index (χ0n) is 13.5. The second-order valence-corrected chi connectivity index (χ2v) is 5.70. The molecule has 0 atom stereocenters. The first-order valence-electron chi connectivity index (χ1n) is 7.70. The van der Waals surface area contributed by atoms with Crippen LogP contribution in [0.4, 0.5) is 13.2 Å². The van der Waals surface area contributed by atoms with E-state index in [2.05, 4.69) is 6.58 Å². The van der Waals surface area contributed by atoms with E-state index < -0.39 is 36.8 Å². The van der Waals surface area contributed by atoms with Crippen LogP contribution >= 0.6 is 0 Å². The normalized spacial score (nSPS) is 13.7. The molecule has 0 bridgehead atoms. The summed E-state index contributed by atoms with van der Waals surface area (Å²) in [5.74, 6) is -1.21. The lowest BCUT2D eigenvalue weighted by Crippen LogP contribution is -2.30. The van der Waals surface area contributed by atoms with E-state index in [4.69, 9.17) is 4.74 Å². The van der Waals surface area contributed by atoms with Crippen molar-refractivity contribution in [1.29, 1.82) is 0 Å². The Bertz CT molecular complexity index is 855. The maximum absolute atomic E-state index is 12.9. The SMILES string of the molecule is C=C1c2ccccc2C(=O)N1CC(=O)OCc1ccccc1C(F)(F)F. The molecular weight excluding hydrogens is 347 g/mol. The fraction of sp³-hybridized carbons (Fsp3) is 0.158. The Balaban J connectivity index is 1.67. The average Bonchev–Trinajstić information content (AvgIpc) is 2.85. The van der Waals surface area contributed by atoms with Gasteiger partial charge >= 0.3 is 12.1 Å². The molecular formula is C19H14F3NO3. The van der Waals surface area contributed by atoms with Gasteiger partial charge in [-0.1, -0.05) is 43.0 Å². The smallest absolute Gasteiger partial charge is 0.416 e. The number of fused-ring (bicyclic) bond motifs is 1. The molecule has 0 aromatic heterocycles. The van der Waals surface area contributed by atoms with Crippen LogP contribution in [0.15, 0.2) is 55.1 Å². The summed E-state index contributed by atoms with van der Waals surface area (Å²) in [5, 5.41) is 0. The van der Waals surface area contributed by atoms with Gasteiger partial charge in [0, 0.05) is 22.4 Å². The highest BCUT2D eigenvalue weighted by atomic mass is 19.4. The summed E-state index contributed by atoms with van der Waals surface area (Å²) in [6, 6.07) is 11.6. The largest absolute Gasteiger partial charge is 0.459 e. The first-order chi connectivity index (χ1) is 12.3. The molecule has 26 heavy (non-hydrogen) atoms. The van der Waals surface area contributed by atoms with Gasteiger partial charge in [-0.25, -0.2) is 0 Å². The van der Waals surface area contributed by atoms with Crippen molar-refractivity contribution in [3.8, 4) is 0 Å². The number of hydrogen-bond acceptors (Lipinski definition) is 3. The highest BCUT2D eigenvalue weighted by Crippen LogP contribution is 2.33. The minimum Gasteiger partial charge on any atom is -0.459 e. The third kappa shape index (κ3) is 3.33. The van der Waals surface area contributed by atoms with Crippen molar-refractivity contribution in [2.45, 2.75) is 12.8 Å². The van der Waals surface area contributed by atoms with Crippen LogP contribution in [-0.2, 0) is 22.3 Å². The number of carbonyl (C=O) groups is 2. The first-order valence-corrected chi connectivity index (χ1v) is 7.70. The highest BCUT2D eigenvalue weighted by molar-refractivity contribution is 6.10. The van der Waals surface area contributed by atoms with Gasteiger partial charge in [-0.2, -0.15) is 13.2 Å². The van der Waals surface area contributed by atoms with Crippen LogP contribution in [0.1, 0.15) is 27.0 Å². The molecule has 2 aromatic rings. The van der Waals surface area contributed by atoms with Gasteiger partial charge in [-0.3, -0.25) is 14.5 Å². The second kappa shape index (κ2) is 6.67. The lowest BCUT2D eigenvalue weighted by atomic mass is 10.1. The highest BCUT2D eigenvalue weighted by Gasteiger charge is 2.34. The molecule has 1 amide bonds. The van der Waals surface area contributed by atoms with E-state index in [0.29, 0.717) is 16.8 Å². The lowest BCUT2D eigenvalue weighted by Gasteiger charge is -2.17. The molecule has 0 N–H and O–H groups in total. The number of esters is 1. The quantitative estimate of drug-likeness (QED) is 0.777. The van der Waals surface area contributed by atoms with Crippen molar-refractivity contribution < 1.29 is 27.5 Å². The number of ether oxygens (including phenoxy) is 1. The Morgan fingerprint density at radius 2 is 1.65 bits per heavy atom. The standard InChI is InChI=1S/C19H14F3NO3/c1-12-14-7-3-4-8-15(14)18(25)23(12)10-17(24)26-11-13-6-2-5-9-16(13)19(20,21)22/h2-9H,1,10-11H2. The molecule has 4 nitrogen and oxygen atoms in total. The molecule has 1 heterocycles. The van der Waals surface area contributed by atoms with Crippen molar-refractivity contribution in [2.24, 2.45) is 0 Å². The minimum atomic E-state index is -4.54. The molecule has 3 rings (SSSR count). The van der Waals surface area contributed by atoms with Crippen molar-refractivity contribution in [1.82, 2.24) is 4.90 Å². The number of hydrogen-bond donors (Lipinski definition) is 0. The summed E-state index contributed by atoms with van der Waals surface area (Å²) < 4.78 is 43.8. The molecule has 0 unspecified atom stereocenters. The summed E-state index contributed by atoms with van der Waals surface area (Å²) in [7, 11) is 0. The number of rotatable bonds is 4. The van der Waals surface area contributed by atoms with Gasteiger partial charge in [0.15, 0.2) is 0 Å². The van der Waals surface area contributed by atoms with Gasteiger partial charge in [0.2, 0.25) is 0 Å². The fourth-order valence-corrected chi connectivity index (χ4v) is 2.76. The Morgan fingerprint density at radius 3 is 2.31 bits per heavy atom. The van der Waals surface area contributed by atoms with Crippen LogP contribution < -0.4 is 0 Å². The van der Waals surface area contributed by atoms with Gasteiger partial charge in [-0.05, 0) is 12.1 Å². The fourth-order valence-electron chi connectivity index (χ4n) is 2.76. The summed E-state index contributed by atoms with van der Waals surface area (Å²) in [6.07, 6.45) is -4.54. The Morgan fingerprint density at radius 1 is 1.04 bits per heavy atom. The van der Waals surface area contributed by atoms with E-state index in [1.54, 1.807) is 24.3 Å². The number of alkyl halides is 3. The Hall–Kier alpha value is -3.09. The van der Waals surface area contributed by atoms with E-state index in [9.17, 15) is 22.8 Å². The van der Waals surface area contributed by atoms with Crippen molar-refractivity contribution in [3.63, 3.8) is 0 Å². The van der Waals surface area contributed by atoms with Crippen LogP contribution in [0, 0.1) is 0 Å². The molecule has 0 saturated heterocycles. The monoisotopic (exact) mass is 361 g/mol. The summed E-state index contributed by atoms with van der Waals surface area (Å²) in [5.41, 5.74) is 0.392.